The van der Waals surface area contributed by atoms with Gasteiger partial charge in [-0.15, -0.1) is 0 Å². The fourth-order valence-electron chi connectivity index (χ4n) is 2.85. The first-order chi connectivity index (χ1) is 8.19. The van der Waals surface area contributed by atoms with Gasteiger partial charge in [0, 0.05) is 0 Å². The molecule has 1 fully saturated rings. The van der Waals surface area contributed by atoms with E-state index in [2.05, 4.69) is 0 Å². The Bertz CT molecular complexity index is 465. The Morgan fingerprint density at radius 1 is 1.28 bits per heavy atom. The van der Waals surface area contributed by atoms with Crippen LogP contribution in [-0.2, 0) is 6.18 Å². The molecule has 5 heteroatoms. The minimum absolute atomic E-state index is 0.0176. The molecule has 2 N–H and O–H groups in total. The van der Waals surface area contributed by atoms with E-state index in [1.165, 1.54) is 6.07 Å². The Labute approximate surface area is 103 Å². The number of rotatable bonds is 2. The Hall–Kier alpha value is -1.10. The van der Waals surface area contributed by atoms with Gasteiger partial charge in [0.2, 0.25) is 0 Å². The largest absolute Gasteiger partial charge is 0.416 e. The average Bonchev–Trinajstić information content (AvgIpc) is 2.79. The number of halogens is 4. The van der Waals surface area contributed by atoms with Gasteiger partial charge in [-0.05, 0) is 41.5 Å². The van der Waals surface area contributed by atoms with Gasteiger partial charge < -0.3 is 5.73 Å². The molecule has 0 heterocycles. The van der Waals surface area contributed by atoms with Crippen molar-refractivity contribution in [1.29, 1.82) is 0 Å². The summed E-state index contributed by atoms with van der Waals surface area (Å²) in [6, 6.07) is 2.88. The van der Waals surface area contributed by atoms with Crippen molar-refractivity contribution < 1.29 is 17.6 Å². The van der Waals surface area contributed by atoms with Crippen LogP contribution in [0.15, 0.2) is 18.2 Å². The van der Waals surface area contributed by atoms with Gasteiger partial charge in [-0.25, -0.2) is 4.39 Å². The summed E-state index contributed by atoms with van der Waals surface area (Å²) < 4.78 is 51.7. The van der Waals surface area contributed by atoms with Gasteiger partial charge in [0.05, 0.1) is 5.56 Å². The van der Waals surface area contributed by atoms with E-state index in [0.29, 0.717) is 12.6 Å². The zero-order valence-electron chi connectivity index (χ0n) is 10.2. The van der Waals surface area contributed by atoms with Crippen molar-refractivity contribution in [1.82, 2.24) is 0 Å². The lowest BCUT2D eigenvalue weighted by molar-refractivity contribution is -0.138. The first kappa shape index (κ1) is 13.3. The van der Waals surface area contributed by atoms with Gasteiger partial charge in [0.25, 0.3) is 0 Å². The van der Waals surface area contributed by atoms with E-state index in [-0.39, 0.29) is 22.8 Å². The van der Waals surface area contributed by atoms with Crippen molar-refractivity contribution in [3.05, 3.63) is 35.1 Å². The van der Waals surface area contributed by atoms with Crippen molar-refractivity contribution >= 4 is 0 Å². The third-order valence-electron chi connectivity index (χ3n) is 3.96. The smallest absolute Gasteiger partial charge is 0.330 e. The van der Waals surface area contributed by atoms with Crippen LogP contribution in [0, 0.1) is 17.2 Å². The van der Waals surface area contributed by atoms with Gasteiger partial charge in [-0.3, -0.25) is 0 Å². The van der Waals surface area contributed by atoms with E-state index in [9.17, 15) is 17.6 Å². The molecule has 0 radical (unpaired) electrons. The number of benzene rings is 1. The summed E-state index contributed by atoms with van der Waals surface area (Å²) in [6.07, 6.45) is -4.53. The van der Waals surface area contributed by atoms with E-state index in [0.717, 1.165) is 6.07 Å². The van der Waals surface area contributed by atoms with Crippen LogP contribution in [0.25, 0.3) is 0 Å². The van der Waals surface area contributed by atoms with Crippen LogP contribution in [0.1, 0.15) is 30.9 Å². The highest BCUT2D eigenvalue weighted by Crippen LogP contribution is 2.65. The van der Waals surface area contributed by atoms with Crippen molar-refractivity contribution in [3.63, 3.8) is 0 Å². The topological polar surface area (TPSA) is 26.0 Å². The van der Waals surface area contributed by atoms with Crippen LogP contribution in [0.3, 0.4) is 0 Å². The van der Waals surface area contributed by atoms with Crippen LogP contribution in [0.2, 0.25) is 0 Å². The Kier molecular flexibility index (Phi) is 2.93. The van der Waals surface area contributed by atoms with Gasteiger partial charge in [-0.1, -0.05) is 19.9 Å². The predicted molar refractivity (Wildman–Crippen MR) is 60.5 cm³/mol. The molecular weight excluding hydrogens is 246 g/mol. The normalized spacial score (nSPS) is 26.2. The molecule has 1 saturated carbocycles. The SMILES string of the molecule is CC1(C)C(CN)C1c1ccc(F)cc1C(F)(F)F. The number of hydrogen-bond donors (Lipinski definition) is 1. The highest BCUT2D eigenvalue weighted by atomic mass is 19.4. The fraction of sp³-hybridized carbons (Fsp3) is 0.538. The molecule has 0 saturated heterocycles. The summed E-state index contributed by atoms with van der Waals surface area (Å²) >= 11 is 0. The summed E-state index contributed by atoms with van der Waals surface area (Å²) in [7, 11) is 0. The first-order valence-corrected chi connectivity index (χ1v) is 5.76. The highest BCUT2D eigenvalue weighted by Gasteiger charge is 2.59. The molecule has 100 valence electrons. The molecule has 0 amide bonds. The molecule has 0 aliphatic heterocycles. The minimum Gasteiger partial charge on any atom is -0.330 e. The molecule has 1 aliphatic rings. The molecular formula is C13H15F4N. The predicted octanol–water partition coefficient (Wildman–Crippen LogP) is 3.54. The van der Waals surface area contributed by atoms with E-state index in [1.807, 2.05) is 13.8 Å². The molecule has 1 aromatic rings. The molecule has 18 heavy (non-hydrogen) atoms. The van der Waals surface area contributed by atoms with E-state index < -0.39 is 17.6 Å². The molecule has 0 bridgehead atoms. The van der Waals surface area contributed by atoms with Gasteiger partial charge >= 0.3 is 6.18 Å². The van der Waals surface area contributed by atoms with Crippen molar-refractivity contribution in [2.75, 3.05) is 6.54 Å². The molecule has 1 nitrogen and oxygen atoms in total. The highest BCUT2D eigenvalue weighted by molar-refractivity contribution is 5.40. The molecule has 2 unspecified atom stereocenters. The Morgan fingerprint density at radius 2 is 1.89 bits per heavy atom. The lowest BCUT2D eigenvalue weighted by atomic mass is 9.97. The summed E-state index contributed by atoms with van der Waals surface area (Å²) in [5, 5.41) is 0. The fourth-order valence-corrected chi connectivity index (χ4v) is 2.85. The first-order valence-electron chi connectivity index (χ1n) is 5.76. The van der Waals surface area contributed by atoms with E-state index in [4.69, 9.17) is 5.73 Å². The maximum Gasteiger partial charge on any atom is 0.416 e. The average molecular weight is 261 g/mol. The van der Waals surface area contributed by atoms with Crippen molar-refractivity contribution in [2.45, 2.75) is 25.9 Å². The standard InChI is InChI=1S/C13H15F4N/c1-12(2)10(6-18)11(12)8-4-3-7(14)5-9(8)13(15,16)17/h3-5,10-11H,6,18H2,1-2H3. The third-order valence-corrected chi connectivity index (χ3v) is 3.96. The molecule has 0 aromatic heterocycles. The second-order valence-electron chi connectivity index (χ2n) is 5.37. The van der Waals surface area contributed by atoms with Crippen LogP contribution in [-0.4, -0.2) is 6.54 Å². The summed E-state index contributed by atoms with van der Waals surface area (Å²) in [6.45, 7) is 4.11. The van der Waals surface area contributed by atoms with Crippen LogP contribution in [0.5, 0.6) is 0 Å². The second-order valence-corrected chi connectivity index (χ2v) is 5.37. The van der Waals surface area contributed by atoms with Crippen LogP contribution in [0.4, 0.5) is 17.6 Å². The molecule has 2 atom stereocenters. The van der Waals surface area contributed by atoms with Crippen LogP contribution < -0.4 is 5.73 Å². The lowest BCUT2D eigenvalue weighted by Gasteiger charge is -2.14. The number of hydrogen-bond acceptors (Lipinski definition) is 1. The van der Waals surface area contributed by atoms with Crippen molar-refractivity contribution in [2.24, 2.45) is 17.1 Å². The Balaban J connectivity index is 2.47. The zero-order valence-corrected chi connectivity index (χ0v) is 10.2. The Morgan fingerprint density at radius 3 is 2.33 bits per heavy atom. The van der Waals surface area contributed by atoms with Gasteiger partial charge in [0.15, 0.2) is 0 Å². The van der Waals surface area contributed by atoms with Crippen molar-refractivity contribution in [3.8, 4) is 0 Å². The lowest BCUT2D eigenvalue weighted by Crippen LogP contribution is -2.10. The molecule has 1 aromatic carbocycles. The molecule has 2 rings (SSSR count). The van der Waals surface area contributed by atoms with Crippen LogP contribution >= 0.6 is 0 Å². The van der Waals surface area contributed by atoms with E-state index >= 15 is 0 Å². The second kappa shape index (κ2) is 3.95. The minimum atomic E-state index is -4.53. The zero-order chi connectivity index (χ0) is 13.7. The summed E-state index contributed by atoms with van der Waals surface area (Å²) in [5.41, 5.74) is 4.59. The summed E-state index contributed by atoms with van der Waals surface area (Å²) in [4.78, 5) is 0. The monoisotopic (exact) mass is 261 g/mol. The molecule has 0 spiro atoms. The quantitative estimate of drug-likeness (QED) is 0.809. The van der Waals surface area contributed by atoms with Gasteiger partial charge in [-0.2, -0.15) is 13.2 Å². The number of nitrogens with two attached hydrogens (primary N) is 1. The number of alkyl halides is 3. The molecule has 1 aliphatic carbocycles. The third kappa shape index (κ3) is 2.00. The van der Waals surface area contributed by atoms with Gasteiger partial charge in [0.1, 0.15) is 5.82 Å². The van der Waals surface area contributed by atoms with E-state index in [1.54, 1.807) is 0 Å². The summed E-state index contributed by atoms with van der Waals surface area (Å²) in [5.74, 6) is -1.10. The maximum atomic E-state index is 13.0. The maximum absolute atomic E-state index is 13.0.